The molecule has 101 valence electrons. The first-order chi connectivity index (χ1) is 6.79. The summed E-state index contributed by atoms with van der Waals surface area (Å²) in [5, 5.41) is 0. The van der Waals surface area contributed by atoms with Crippen molar-refractivity contribution in [3.05, 3.63) is 6.92 Å². The van der Waals surface area contributed by atoms with E-state index in [9.17, 15) is 0 Å². The van der Waals surface area contributed by atoms with Gasteiger partial charge in [0.05, 0.1) is 25.4 Å². The molecule has 0 aromatic rings. The standard InChI is InChI=1S/C7H11O.C4H8O2.2CH4.Y/c1-5-2-3-6-7(4-5)8-6;1-5-2-4-3-6-4;;;/h5-7H,1-4H2;4H,2-3H2,1H3;2*1H4;/q-1;;;;. The molecule has 17 heavy (non-hydrogen) atoms. The van der Waals surface area contributed by atoms with Crippen LogP contribution in [0.25, 0.3) is 0 Å². The molecule has 3 fully saturated rings. The Kier molecular flexibility index (Phi) is 11.8. The van der Waals surface area contributed by atoms with Crippen LogP contribution in [0.1, 0.15) is 34.1 Å². The van der Waals surface area contributed by atoms with Crippen LogP contribution in [-0.2, 0) is 46.9 Å². The maximum atomic E-state index is 5.31. The fourth-order valence-corrected chi connectivity index (χ4v) is 1.84. The smallest absolute Gasteiger partial charge is 0.104 e. The van der Waals surface area contributed by atoms with Crippen molar-refractivity contribution >= 4 is 0 Å². The van der Waals surface area contributed by atoms with E-state index >= 15 is 0 Å². The predicted molar refractivity (Wildman–Crippen MR) is 66.4 cm³/mol. The van der Waals surface area contributed by atoms with E-state index in [0.717, 1.165) is 13.2 Å². The van der Waals surface area contributed by atoms with Gasteiger partial charge in [0.1, 0.15) is 6.10 Å². The van der Waals surface area contributed by atoms with Crippen molar-refractivity contribution in [1.82, 2.24) is 0 Å². The molecule has 4 unspecified atom stereocenters. The fourth-order valence-electron chi connectivity index (χ4n) is 1.84. The third-order valence-corrected chi connectivity index (χ3v) is 2.87. The summed E-state index contributed by atoms with van der Waals surface area (Å²) in [6, 6.07) is 0. The summed E-state index contributed by atoms with van der Waals surface area (Å²) in [4.78, 5) is 0. The first-order valence-corrected chi connectivity index (χ1v) is 5.38. The van der Waals surface area contributed by atoms with E-state index in [4.69, 9.17) is 14.2 Å². The molecular weight excluding hydrogens is 293 g/mol. The Labute approximate surface area is 132 Å². The number of hydrogen-bond donors (Lipinski definition) is 0. The van der Waals surface area contributed by atoms with E-state index in [2.05, 4.69) is 6.92 Å². The Morgan fingerprint density at radius 2 is 1.88 bits per heavy atom. The zero-order chi connectivity index (χ0) is 9.97. The van der Waals surface area contributed by atoms with Crippen LogP contribution >= 0.6 is 0 Å². The summed E-state index contributed by atoms with van der Waals surface area (Å²) >= 11 is 0. The Morgan fingerprint density at radius 3 is 2.24 bits per heavy atom. The van der Waals surface area contributed by atoms with Crippen molar-refractivity contribution in [3.63, 3.8) is 0 Å². The monoisotopic (exact) mass is 320 g/mol. The van der Waals surface area contributed by atoms with Crippen LogP contribution in [-0.4, -0.2) is 38.6 Å². The summed E-state index contributed by atoms with van der Waals surface area (Å²) in [5.41, 5.74) is 0. The SMILES string of the molecule is C.C.COCC1CO1.[CH2-]C1CCC2OC2C1.[Y]. The number of epoxide rings is 2. The number of fused-ring (bicyclic) bond motifs is 1. The van der Waals surface area contributed by atoms with Crippen LogP contribution in [0, 0.1) is 12.8 Å². The minimum absolute atomic E-state index is 0. The summed E-state index contributed by atoms with van der Waals surface area (Å²) in [5.74, 6) is 0.679. The number of rotatable bonds is 2. The summed E-state index contributed by atoms with van der Waals surface area (Å²) in [7, 11) is 1.68. The van der Waals surface area contributed by atoms with Crippen molar-refractivity contribution in [2.45, 2.75) is 52.4 Å². The van der Waals surface area contributed by atoms with Gasteiger partial charge in [0.15, 0.2) is 0 Å². The van der Waals surface area contributed by atoms with Crippen LogP contribution in [0.4, 0.5) is 0 Å². The van der Waals surface area contributed by atoms with Gasteiger partial charge in [-0.15, -0.1) is 0 Å². The molecule has 1 aliphatic carbocycles. The average molecular weight is 320 g/mol. The first-order valence-electron chi connectivity index (χ1n) is 5.38. The van der Waals surface area contributed by atoms with Gasteiger partial charge in [-0.1, -0.05) is 21.3 Å². The van der Waals surface area contributed by atoms with Gasteiger partial charge in [0.25, 0.3) is 0 Å². The van der Waals surface area contributed by atoms with Crippen molar-refractivity contribution in [3.8, 4) is 0 Å². The Balaban J connectivity index is 0. The van der Waals surface area contributed by atoms with Gasteiger partial charge in [0, 0.05) is 39.8 Å². The van der Waals surface area contributed by atoms with E-state index in [1.807, 2.05) is 0 Å². The van der Waals surface area contributed by atoms with Gasteiger partial charge in [0.2, 0.25) is 0 Å². The zero-order valence-electron chi connectivity index (χ0n) is 9.35. The Morgan fingerprint density at radius 1 is 1.24 bits per heavy atom. The minimum Gasteiger partial charge on any atom is -0.382 e. The van der Waals surface area contributed by atoms with E-state index < -0.39 is 0 Å². The van der Waals surface area contributed by atoms with E-state index in [1.54, 1.807) is 7.11 Å². The quantitative estimate of drug-likeness (QED) is 0.579. The minimum atomic E-state index is 0. The molecule has 3 nitrogen and oxygen atoms in total. The molecule has 0 amide bonds. The molecule has 3 rings (SSSR count). The summed E-state index contributed by atoms with van der Waals surface area (Å²) < 4.78 is 14.9. The zero-order valence-corrected chi connectivity index (χ0v) is 12.2. The molecule has 4 atom stereocenters. The molecule has 0 bridgehead atoms. The van der Waals surface area contributed by atoms with E-state index in [0.29, 0.717) is 24.2 Å². The van der Waals surface area contributed by atoms with Crippen molar-refractivity contribution in [2.24, 2.45) is 5.92 Å². The maximum absolute atomic E-state index is 5.31. The third kappa shape index (κ3) is 7.89. The Hall–Kier alpha value is 0.984. The van der Waals surface area contributed by atoms with Gasteiger partial charge in [-0.25, -0.2) is 0 Å². The van der Waals surface area contributed by atoms with Gasteiger partial charge in [-0.2, -0.15) is 5.92 Å². The predicted octanol–water partition coefficient (Wildman–Crippen LogP) is 2.69. The molecule has 3 aliphatic rings. The molecule has 1 radical (unpaired) electrons. The normalized spacial score (nSPS) is 35.6. The second-order valence-electron chi connectivity index (χ2n) is 4.30. The summed E-state index contributed by atoms with van der Waals surface area (Å²) in [6.07, 6.45) is 5.44. The van der Waals surface area contributed by atoms with Crippen molar-refractivity contribution < 1.29 is 46.9 Å². The number of ether oxygens (including phenoxy) is 3. The molecule has 2 aliphatic heterocycles. The molecule has 0 aromatic carbocycles. The van der Waals surface area contributed by atoms with Gasteiger partial charge in [-0.05, 0) is 12.8 Å². The largest absolute Gasteiger partial charge is 0.382 e. The topological polar surface area (TPSA) is 34.3 Å². The van der Waals surface area contributed by atoms with Gasteiger partial charge < -0.3 is 21.1 Å². The fraction of sp³-hybridized carbons (Fsp3) is 0.923. The van der Waals surface area contributed by atoms with Crippen LogP contribution in [0.2, 0.25) is 0 Å². The second kappa shape index (κ2) is 9.85. The first kappa shape index (κ1) is 20.3. The molecule has 2 saturated heterocycles. The second-order valence-corrected chi connectivity index (χ2v) is 4.30. The molecule has 2 heterocycles. The number of hydrogen-bond acceptors (Lipinski definition) is 3. The average Bonchev–Trinajstić information content (AvgIpc) is 2.97. The van der Waals surface area contributed by atoms with Crippen LogP contribution in [0.3, 0.4) is 0 Å². The van der Waals surface area contributed by atoms with Crippen molar-refractivity contribution in [2.75, 3.05) is 20.3 Å². The van der Waals surface area contributed by atoms with Crippen LogP contribution in [0.5, 0.6) is 0 Å². The van der Waals surface area contributed by atoms with E-state index in [1.165, 1.54) is 19.3 Å². The molecule has 0 aromatic heterocycles. The third-order valence-electron chi connectivity index (χ3n) is 2.87. The van der Waals surface area contributed by atoms with Crippen LogP contribution in [0.15, 0.2) is 0 Å². The van der Waals surface area contributed by atoms with E-state index in [-0.39, 0.29) is 47.6 Å². The summed E-state index contributed by atoms with van der Waals surface area (Å²) in [6.45, 7) is 5.66. The van der Waals surface area contributed by atoms with Gasteiger partial charge >= 0.3 is 0 Å². The molecule has 0 N–H and O–H groups in total. The number of methoxy groups -OCH3 is 1. The Bertz CT molecular complexity index is 186. The van der Waals surface area contributed by atoms with Crippen LogP contribution < -0.4 is 0 Å². The van der Waals surface area contributed by atoms with Crippen molar-refractivity contribution in [1.29, 1.82) is 0 Å². The molecule has 0 spiro atoms. The maximum Gasteiger partial charge on any atom is 0.104 e. The molecule has 4 heteroatoms. The molecule has 1 saturated carbocycles. The molecular formula is C13H27O3Y-. The van der Waals surface area contributed by atoms with Gasteiger partial charge in [-0.3, -0.25) is 0 Å².